The molecular weight excluding hydrogens is 198 g/mol. The van der Waals surface area contributed by atoms with E-state index in [4.69, 9.17) is 0 Å². The van der Waals surface area contributed by atoms with Crippen molar-refractivity contribution in [2.75, 3.05) is 0 Å². The van der Waals surface area contributed by atoms with Crippen LogP contribution in [-0.2, 0) is 11.2 Å². The number of pyridine rings is 1. The van der Waals surface area contributed by atoms with Gasteiger partial charge in [0.15, 0.2) is 0 Å². The predicted octanol–water partition coefficient (Wildman–Crippen LogP) is 3.12. The summed E-state index contributed by atoms with van der Waals surface area (Å²) in [6, 6.07) is 4.06. The van der Waals surface area contributed by atoms with Crippen molar-refractivity contribution in [2.24, 2.45) is 5.92 Å². The molecule has 2 nitrogen and oxygen atoms in total. The average Bonchev–Trinajstić information content (AvgIpc) is 2.74. The highest BCUT2D eigenvalue weighted by Crippen LogP contribution is 2.34. The van der Waals surface area contributed by atoms with Crippen LogP contribution in [-0.4, -0.2) is 10.8 Å². The van der Waals surface area contributed by atoms with Crippen molar-refractivity contribution in [2.45, 2.75) is 45.4 Å². The highest BCUT2D eigenvalue weighted by Gasteiger charge is 2.32. The van der Waals surface area contributed by atoms with Gasteiger partial charge in [0.1, 0.15) is 5.78 Å². The summed E-state index contributed by atoms with van der Waals surface area (Å²) < 4.78 is 0. The first-order valence-corrected chi connectivity index (χ1v) is 6.25. The van der Waals surface area contributed by atoms with Crippen molar-refractivity contribution in [3.05, 3.63) is 29.6 Å². The van der Waals surface area contributed by atoms with Crippen molar-refractivity contribution < 1.29 is 4.79 Å². The summed E-state index contributed by atoms with van der Waals surface area (Å²) in [5.41, 5.74) is 2.31. The van der Waals surface area contributed by atoms with Crippen molar-refractivity contribution in [3.63, 3.8) is 0 Å². The summed E-state index contributed by atoms with van der Waals surface area (Å²) >= 11 is 0. The third kappa shape index (κ3) is 1.89. The van der Waals surface area contributed by atoms with Gasteiger partial charge in [0.25, 0.3) is 0 Å². The molecule has 1 aromatic rings. The molecule has 0 saturated carbocycles. The molecule has 86 valence electrons. The van der Waals surface area contributed by atoms with E-state index in [1.165, 1.54) is 5.56 Å². The Labute approximate surface area is 97.1 Å². The first-order valence-electron chi connectivity index (χ1n) is 6.25. The van der Waals surface area contributed by atoms with Crippen molar-refractivity contribution in [1.82, 2.24) is 4.98 Å². The highest BCUT2D eigenvalue weighted by atomic mass is 16.1. The monoisotopic (exact) mass is 217 g/mol. The van der Waals surface area contributed by atoms with E-state index in [2.05, 4.69) is 24.9 Å². The van der Waals surface area contributed by atoms with E-state index in [0.29, 0.717) is 5.78 Å². The normalized spacial score (nSPS) is 18.8. The predicted molar refractivity (Wildman–Crippen MR) is 64.4 cm³/mol. The molecule has 0 aromatic carbocycles. The molecule has 0 spiro atoms. The number of fused-ring (bicyclic) bond motifs is 1. The molecule has 1 aromatic heterocycles. The Balaban J connectivity index is 2.22. The van der Waals surface area contributed by atoms with Gasteiger partial charge in [-0.2, -0.15) is 0 Å². The largest absolute Gasteiger partial charge is 0.299 e. The number of hydrogen-bond acceptors (Lipinski definition) is 2. The summed E-state index contributed by atoms with van der Waals surface area (Å²) in [6.07, 6.45) is 5.68. The van der Waals surface area contributed by atoms with Gasteiger partial charge < -0.3 is 0 Å². The number of aryl methyl sites for hydroxylation is 1. The summed E-state index contributed by atoms with van der Waals surface area (Å²) in [5, 5.41) is 0. The molecule has 0 amide bonds. The Morgan fingerprint density at radius 2 is 2.25 bits per heavy atom. The molecule has 1 atom stereocenters. The number of rotatable bonds is 4. The van der Waals surface area contributed by atoms with Crippen LogP contribution in [0.4, 0.5) is 0 Å². The van der Waals surface area contributed by atoms with Gasteiger partial charge in [0, 0.05) is 12.1 Å². The minimum atomic E-state index is 0.0705. The lowest BCUT2D eigenvalue weighted by molar-refractivity contribution is -0.124. The fourth-order valence-electron chi connectivity index (χ4n) is 2.67. The Kier molecular flexibility index (Phi) is 3.37. The Morgan fingerprint density at radius 3 is 2.94 bits per heavy atom. The van der Waals surface area contributed by atoms with E-state index in [1.807, 2.05) is 6.07 Å². The lowest BCUT2D eigenvalue weighted by Gasteiger charge is -2.16. The van der Waals surface area contributed by atoms with E-state index in [1.54, 1.807) is 6.20 Å². The Hall–Kier alpha value is -1.18. The van der Waals surface area contributed by atoms with Crippen LogP contribution in [0.3, 0.4) is 0 Å². The van der Waals surface area contributed by atoms with Crippen LogP contribution in [0.25, 0.3) is 0 Å². The van der Waals surface area contributed by atoms with Crippen molar-refractivity contribution >= 4 is 5.78 Å². The van der Waals surface area contributed by atoms with E-state index in [-0.39, 0.29) is 11.8 Å². The number of aromatic nitrogens is 1. The second kappa shape index (κ2) is 4.77. The van der Waals surface area contributed by atoms with E-state index in [0.717, 1.165) is 31.4 Å². The Morgan fingerprint density at radius 1 is 1.50 bits per heavy atom. The third-order valence-corrected chi connectivity index (χ3v) is 3.69. The molecular formula is C14H19NO. The number of hydrogen-bond donors (Lipinski definition) is 0. The number of Topliss-reactive ketones (excluding diaryl/α,β-unsaturated/α-hetero) is 1. The number of ketones is 1. The summed E-state index contributed by atoms with van der Waals surface area (Å²) in [5.74, 6) is 0.696. The first-order chi connectivity index (χ1) is 7.77. The standard InChI is InChI=1S/C14H19NO/c1-3-10(4-2)14(16)12-8-7-11-6-5-9-15-13(11)12/h5-6,9-10,12H,3-4,7-8H2,1-2H3. The summed E-state index contributed by atoms with van der Waals surface area (Å²) in [6.45, 7) is 4.20. The van der Waals surface area contributed by atoms with Crippen molar-refractivity contribution in [1.29, 1.82) is 0 Å². The second-order valence-corrected chi connectivity index (χ2v) is 4.55. The number of carbonyl (C=O) groups excluding carboxylic acids is 1. The van der Waals surface area contributed by atoms with Crippen LogP contribution in [0.15, 0.2) is 18.3 Å². The summed E-state index contributed by atoms with van der Waals surface area (Å²) in [4.78, 5) is 16.7. The number of nitrogens with zero attached hydrogens (tertiary/aromatic N) is 1. The maximum absolute atomic E-state index is 12.3. The zero-order chi connectivity index (χ0) is 11.5. The van der Waals surface area contributed by atoms with Gasteiger partial charge in [-0.15, -0.1) is 0 Å². The fourth-order valence-corrected chi connectivity index (χ4v) is 2.67. The highest BCUT2D eigenvalue weighted by molar-refractivity contribution is 5.88. The molecule has 16 heavy (non-hydrogen) atoms. The second-order valence-electron chi connectivity index (χ2n) is 4.55. The van der Waals surface area contributed by atoms with Gasteiger partial charge in [-0.1, -0.05) is 19.9 Å². The van der Waals surface area contributed by atoms with Gasteiger partial charge in [-0.3, -0.25) is 9.78 Å². The molecule has 0 N–H and O–H groups in total. The molecule has 1 aliphatic rings. The van der Waals surface area contributed by atoms with Crippen LogP contribution in [0.1, 0.15) is 50.3 Å². The minimum absolute atomic E-state index is 0.0705. The van der Waals surface area contributed by atoms with Gasteiger partial charge in [0.05, 0.1) is 11.6 Å². The van der Waals surface area contributed by atoms with Gasteiger partial charge in [-0.05, 0) is 37.3 Å². The van der Waals surface area contributed by atoms with Crippen LogP contribution in [0.2, 0.25) is 0 Å². The maximum Gasteiger partial charge on any atom is 0.144 e. The van der Waals surface area contributed by atoms with Crippen LogP contribution in [0.5, 0.6) is 0 Å². The van der Waals surface area contributed by atoms with Gasteiger partial charge in [-0.25, -0.2) is 0 Å². The topological polar surface area (TPSA) is 30.0 Å². The molecule has 1 aliphatic carbocycles. The van der Waals surface area contributed by atoms with Gasteiger partial charge in [0.2, 0.25) is 0 Å². The quantitative estimate of drug-likeness (QED) is 0.775. The number of carbonyl (C=O) groups is 1. The summed E-state index contributed by atoms with van der Waals surface area (Å²) in [7, 11) is 0. The van der Waals surface area contributed by atoms with E-state index >= 15 is 0 Å². The molecule has 2 heteroatoms. The lowest BCUT2D eigenvalue weighted by atomic mass is 9.87. The van der Waals surface area contributed by atoms with E-state index in [9.17, 15) is 4.79 Å². The average molecular weight is 217 g/mol. The molecule has 0 radical (unpaired) electrons. The smallest absolute Gasteiger partial charge is 0.144 e. The van der Waals surface area contributed by atoms with Crippen LogP contribution in [0, 0.1) is 5.92 Å². The molecule has 1 unspecified atom stereocenters. The minimum Gasteiger partial charge on any atom is -0.299 e. The molecule has 0 fully saturated rings. The SMILES string of the molecule is CCC(CC)C(=O)C1CCc2cccnc21. The molecule has 0 saturated heterocycles. The van der Waals surface area contributed by atoms with Crippen molar-refractivity contribution in [3.8, 4) is 0 Å². The van der Waals surface area contributed by atoms with Gasteiger partial charge >= 0.3 is 0 Å². The first kappa shape index (κ1) is 11.3. The Bertz CT molecular complexity index is 382. The lowest BCUT2D eigenvalue weighted by Crippen LogP contribution is -2.20. The maximum atomic E-state index is 12.3. The fraction of sp³-hybridized carbons (Fsp3) is 0.571. The molecule has 0 aliphatic heterocycles. The zero-order valence-corrected chi connectivity index (χ0v) is 10.1. The molecule has 0 bridgehead atoms. The molecule has 1 heterocycles. The van der Waals surface area contributed by atoms with Crippen LogP contribution >= 0.6 is 0 Å². The third-order valence-electron chi connectivity index (χ3n) is 3.69. The zero-order valence-electron chi connectivity index (χ0n) is 10.1. The van der Waals surface area contributed by atoms with E-state index < -0.39 is 0 Å². The molecule has 2 rings (SSSR count). The van der Waals surface area contributed by atoms with Crippen LogP contribution < -0.4 is 0 Å².